The molecule has 0 aromatic heterocycles. The molecule has 2 aromatic rings. The lowest BCUT2D eigenvalue weighted by Gasteiger charge is -2.26. The molecule has 1 atom stereocenters. The molecule has 98 valence electrons. The molecule has 1 aliphatic rings. The predicted molar refractivity (Wildman–Crippen MR) is 84.3 cm³/mol. The Morgan fingerprint density at radius 3 is 2.42 bits per heavy atom. The van der Waals surface area contributed by atoms with Gasteiger partial charge in [-0.2, -0.15) is 0 Å². The highest BCUT2D eigenvalue weighted by atomic mass is 32.2. The lowest BCUT2D eigenvalue weighted by atomic mass is 9.90. The molecule has 19 heavy (non-hydrogen) atoms. The molecule has 0 saturated heterocycles. The first-order valence-electron chi connectivity index (χ1n) is 6.93. The number of thioether (sulfide) groups is 1. The van der Waals surface area contributed by atoms with E-state index in [-0.39, 0.29) is 0 Å². The Morgan fingerprint density at radius 1 is 0.947 bits per heavy atom. The monoisotopic (exact) mass is 268 g/mol. The highest BCUT2D eigenvalue weighted by Crippen LogP contribution is 2.39. The summed E-state index contributed by atoms with van der Waals surface area (Å²) < 4.78 is 0. The van der Waals surface area contributed by atoms with Gasteiger partial charge in [-0.1, -0.05) is 35.9 Å². The lowest BCUT2D eigenvalue weighted by Crippen LogP contribution is -2.13. The van der Waals surface area contributed by atoms with Gasteiger partial charge in [0.25, 0.3) is 0 Å². The van der Waals surface area contributed by atoms with E-state index in [1.165, 1.54) is 39.3 Å². The Morgan fingerprint density at radius 2 is 1.68 bits per heavy atom. The topological polar surface area (TPSA) is 0 Å². The minimum absolute atomic E-state index is 0.666. The predicted octanol–water partition coefficient (Wildman–Crippen LogP) is 5.04. The van der Waals surface area contributed by atoms with Crippen molar-refractivity contribution in [2.75, 3.05) is 5.75 Å². The minimum Gasteiger partial charge on any atom is -0.125 e. The molecule has 2 aromatic carbocycles. The summed E-state index contributed by atoms with van der Waals surface area (Å²) in [4.78, 5) is 1.50. The summed E-state index contributed by atoms with van der Waals surface area (Å²) in [6.07, 6.45) is 1.19. The van der Waals surface area contributed by atoms with Gasteiger partial charge in [0.2, 0.25) is 0 Å². The largest absolute Gasteiger partial charge is 0.125 e. The van der Waals surface area contributed by atoms with Gasteiger partial charge in [-0.15, -0.1) is 11.8 Å². The average molecular weight is 268 g/mol. The quantitative estimate of drug-likeness (QED) is 0.698. The molecule has 0 saturated carbocycles. The van der Waals surface area contributed by atoms with Crippen LogP contribution in [0.1, 0.15) is 33.7 Å². The van der Waals surface area contributed by atoms with Crippen LogP contribution >= 0.6 is 11.8 Å². The van der Waals surface area contributed by atoms with Gasteiger partial charge in [0.1, 0.15) is 0 Å². The van der Waals surface area contributed by atoms with Crippen molar-refractivity contribution in [1.82, 2.24) is 0 Å². The Bertz CT molecular complexity index is 596. The smallest absolute Gasteiger partial charge is 0.0110 e. The van der Waals surface area contributed by atoms with Gasteiger partial charge in [-0.3, -0.25) is 0 Å². The molecule has 0 bridgehead atoms. The fourth-order valence-electron chi connectivity index (χ4n) is 2.90. The van der Waals surface area contributed by atoms with Crippen molar-refractivity contribution in [3.8, 4) is 0 Å². The second-order valence-electron chi connectivity index (χ2n) is 5.68. The number of benzene rings is 2. The molecule has 1 unspecified atom stereocenters. The highest BCUT2D eigenvalue weighted by Gasteiger charge is 2.22. The summed E-state index contributed by atoms with van der Waals surface area (Å²) in [7, 11) is 0. The SMILES string of the molecule is Cc1ccc(C2CSc3cc(C)cc(C)c3C2)cc1. The third-order valence-electron chi connectivity index (χ3n) is 4.02. The van der Waals surface area contributed by atoms with Crippen molar-refractivity contribution in [1.29, 1.82) is 0 Å². The molecule has 0 amide bonds. The van der Waals surface area contributed by atoms with E-state index in [2.05, 4.69) is 57.2 Å². The number of rotatable bonds is 1. The van der Waals surface area contributed by atoms with Gasteiger partial charge in [-0.05, 0) is 61.4 Å². The van der Waals surface area contributed by atoms with E-state index >= 15 is 0 Å². The first kappa shape index (κ1) is 12.8. The fourth-order valence-corrected chi connectivity index (χ4v) is 4.28. The van der Waals surface area contributed by atoms with E-state index in [4.69, 9.17) is 0 Å². The molecule has 0 fully saturated rings. The van der Waals surface area contributed by atoms with Gasteiger partial charge in [0.15, 0.2) is 0 Å². The lowest BCUT2D eigenvalue weighted by molar-refractivity contribution is 0.740. The Balaban J connectivity index is 1.92. The molecule has 3 rings (SSSR count). The van der Waals surface area contributed by atoms with Gasteiger partial charge < -0.3 is 0 Å². The molecule has 1 heterocycles. The van der Waals surface area contributed by atoms with E-state index in [9.17, 15) is 0 Å². The van der Waals surface area contributed by atoms with Crippen molar-refractivity contribution in [3.63, 3.8) is 0 Å². The van der Waals surface area contributed by atoms with Crippen molar-refractivity contribution in [2.45, 2.75) is 38.0 Å². The van der Waals surface area contributed by atoms with Crippen molar-refractivity contribution >= 4 is 11.8 Å². The summed E-state index contributed by atoms with van der Waals surface area (Å²) in [5, 5.41) is 0. The second kappa shape index (κ2) is 5.05. The standard InChI is InChI=1S/C18H20S/c1-12-4-6-15(7-5-12)16-10-17-14(3)8-13(2)9-18(17)19-11-16/h4-9,16H,10-11H2,1-3H3. The third kappa shape index (κ3) is 2.57. The maximum atomic E-state index is 2.35. The van der Waals surface area contributed by atoms with Crippen molar-refractivity contribution in [2.24, 2.45) is 0 Å². The summed E-state index contributed by atoms with van der Waals surface area (Å²) in [5.74, 6) is 1.87. The van der Waals surface area contributed by atoms with Gasteiger partial charge in [0.05, 0.1) is 0 Å². The zero-order chi connectivity index (χ0) is 13.4. The highest BCUT2D eigenvalue weighted by molar-refractivity contribution is 7.99. The summed E-state index contributed by atoms with van der Waals surface area (Å²) >= 11 is 2.02. The fraction of sp³-hybridized carbons (Fsp3) is 0.333. The van der Waals surface area contributed by atoms with E-state index < -0.39 is 0 Å². The van der Waals surface area contributed by atoms with Gasteiger partial charge >= 0.3 is 0 Å². The van der Waals surface area contributed by atoms with Crippen LogP contribution in [0.15, 0.2) is 41.3 Å². The minimum atomic E-state index is 0.666. The molecule has 1 aliphatic heterocycles. The Labute approximate surface area is 120 Å². The van der Waals surface area contributed by atoms with E-state index in [0.717, 1.165) is 0 Å². The zero-order valence-electron chi connectivity index (χ0n) is 11.9. The van der Waals surface area contributed by atoms with E-state index in [0.29, 0.717) is 5.92 Å². The number of hydrogen-bond acceptors (Lipinski definition) is 1. The average Bonchev–Trinajstić information content (AvgIpc) is 2.39. The number of aryl methyl sites for hydroxylation is 3. The first-order chi connectivity index (χ1) is 9.13. The molecule has 1 heteroatoms. The van der Waals surface area contributed by atoms with Gasteiger partial charge in [0, 0.05) is 10.6 Å². The molecular formula is C18H20S. The molecule has 0 radical (unpaired) electrons. The maximum Gasteiger partial charge on any atom is 0.0110 e. The van der Waals surface area contributed by atoms with Crippen LogP contribution < -0.4 is 0 Å². The molecule has 0 aliphatic carbocycles. The van der Waals surface area contributed by atoms with Crippen molar-refractivity contribution in [3.05, 3.63) is 64.2 Å². The molecule has 0 nitrogen and oxygen atoms in total. The third-order valence-corrected chi connectivity index (χ3v) is 5.26. The van der Waals surface area contributed by atoms with Crippen LogP contribution in [0.4, 0.5) is 0 Å². The normalized spacial score (nSPS) is 18.2. The van der Waals surface area contributed by atoms with Crippen LogP contribution in [0.5, 0.6) is 0 Å². The Hall–Kier alpha value is -1.21. The number of fused-ring (bicyclic) bond motifs is 1. The number of hydrogen-bond donors (Lipinski definition) is 0. The summed E-state index contributed by atoms with van der Waals surface area (Å²) in [5.41, 5.74) is 7.24. The van der Waals surface area contributed by atoms with E-state index in [1.807, 2.05) is 11.8 Å². The summed E-state index contributed by atoms with van der Waals surface area (Å²) in [6, 6.07) is 13.7. The van der Waals surface area contributed by atoms with Crippen LogP contribution in [0.2, 0.25) is 0 Å². The zero-order valence-corrected chi connectivity index (χ0v) is 12.7. The van der Waals surface area contributed by atoms with Crippen LogP contribution in [0.25, 0.3) is 0 Å². The van der Waals surface area contributed by atoms with Crippen molar-refractivity contribution < 1.29 is 0 Å². The van der Waals surface area contributed by atoms with Crippen LogP contribution in [0.3, 0.4) is 0 Å². The second-order valence-corrected chi connectivity index (χ2v) is 6.74. The molecule has 0 spiro atoms. The van der Waals surface area contributed by atoms with E-state index in [1.54, 1.807) is 5.56 Å². The van der Waals surface area contributed by atoms with Crippen LogP contribution in [-0.4, -0.2) is 5.75 Å². The first-order valence-corrected chi connectivity index (χ1v) is 7.91. The molecular weight excluding hydrogens is 248 g/mol. The van der Waals surface area contributed by atoms with Crippen LogP contribution in [-0.2, 0) is 6.42 Å². The van der Waals surface area contributed by atoms with Crippen LogP contribution in [0, 0.1) is 20.8 Å². The maximum absolute atomic E-state index is 2.35. The molecule has 0 N–H and O–H groups in total. The Kier molecular flexibility index (Phi) is 3.40. The van der Waals surface area contributed by atoms with Gasteiger partial charge in [-0.25, -0.2) is 0 Å². The summed E-state index contributed by atoms with van der Waals surface area (Å²) in [6.45, 7) is 6.60.